The number of ether oxygens (including phenoxy) is 1. The second kappa shape index (κ2) is 5.52. The normalized spacial score (nSPS) is 23.3. The summed E-state index contributed by atoms with van der Waals surface area (Å²) < 4.78 is 4.96. The van der Waals surface area contributed by atoms with Crippen molar-refractivity contribution in [2.75, 3.05) is 12.4 Å². The molecule has 0 bridgehead atoms. The van der Waals surface area contributed by atoms with Crippen LogP contribution >= 0.6 is 0 Å². The molecule has 2 atom stereocenters. The fourth-order valence-corrected chi connectivity index (χ4v) is 3.36. The zero-order chi connectivity index (χ0) is 15.7. The average molecular weight is 293 g/mol. The van der Waals surface area contributed by atoms with Gasteiger partial charge in [0, 0.05) is 11.1 Å². The molecule has 1 aliphatic rings. The molecule has 3 rings (SSSR count). The first-order chi connectivity index (χ1) is 10.5. The Morgan fingerprint density at radius 2 is 2.00 bits per heavy atom. The molecule has 1 aliphatic heterocycles. The summed E-state index contributed by atoms with van der Waals surface area (Å²) in [5.41, 5.74) is 4.47. The van der Waals surface area contributed by atoms with Crippen LogP contribution in [0.3, 0.4) is 0 Å². The Kier molecular flexibility index (Phi) is 3.69. The van der Waals surface area contributed by atoms with Crippen molar-refractivity contribution in [3.05, 3.63) is 59.7 Å². The van der Waals surface area contributed by atoms with E-state index in [1.807, 2.05) is 18.2 Å². The quantitative estimate of drug-likeness (QED) is 0.675. The lowest BCUT2D eigenvalue weighted by atomic mass is 9.68. The maximum Gasteiger partial charge on any atom is 0.328 e. The highest BCUT2D eigenvalue weighted by Crippen LogP contribution is 2.43. The Hall–Kier alpha value is -2.23. The molecule has 2 aromatic carbocycles. The van der Waals surface area contributed by atoms with Gasteiger partial charge in [0.2, 0.25) is 0 Å². The third kappa shape index (κ3) is 2.39. The largest absolute Gasteiger partial charge is 0.467 e. The molecule has 0 spiro atoms. The summed E-state index contributed by atoms with van der Waals surface area (Å²) >= 11 is 0. The summed E-state index contributed by atoms with van der Waals surface area (Å²) in [4.78, 5) is 12.1. The smallest absolute Gasteiger partial charge is 0.328 e. The Morgan fingerprint density at radius 1 is 1.27 bits per heavy atom. The van der Waals surface area contributed by atoms with E-state index >= 15 is 0 Å². The fourth-order valence-electron chi connectivity index (χ4n) is 3.36. The standard InChI is InChI=1S/C18H20BNO2/c1-18(12-6-4-3-5-7-12)11-16(17(21)22-2)20-15-9-8-13(19)10-14(15)18/h3-10,16,20H,11,19H2,1-2H3. The molecule has 0 amide bonds. The van der Waals surface area contributed by atoms with E-state index < -0.39 is 0 Å². The van der Waals surface area contributed by atoms with Gasteiger partial charge in [0.05, 0.1) is 7.11 Å². The van der Waals surface area contributed by atoms with Gasteiger partial charge in [0.1, 0.15) is 13.9 Å². The molecule has 0 aliphatic carbocycles. The monoisotopic (exact) mass is 293 g/mol. The van der Waals surface area contributed by atoms with Gasteiger partial charge in [0.15, 0.2) is 0 Å². The van der Waals surface area contributed by atoms with Crippen molar-refractivity contribution < 1.29 is 9.53 Å². The average Bonchev–Trinajstić information content (AvgIpc) is 2.55. The number of rotatable bonds is 2. The highest BCUT2D eigenvalue weighted by atomic mass is 16.5. The van der Waals surface area contributed by atoms with Gasteiger partial charge in [-0.25, -0.2) is 4.79 Å². The topological polar surface area (TPSA) is 38.3 Å². The maximum atomic E-state index is 12.1. The van der Waals surface area contributed by atoms with Gasteiger partial charge in [-0.2, -0.15) is 0 Å². The van der Waals surface area contributed by atoms with Gasteiger partial charge in [-0.05, 0) is 23.6 Å². The predicted molar refractivity (Wildman–Crippen MR) is 91.6 cm³/mol. The van der Waals surface area contributed by atoms with Crippen LogP contribution < -0.4 is 10.8 Å². The molecule has 0 saturated carbocycles. The number of methoxy groups -OCH3 is 1. The van der Waals surface area contributed by atoms with Crippen molar-refractivity contribution in [2.45, 2.75) is 24.8 Å². The molecule has 1 N–H and O–H groups in total. The number of fused-ring (bicyclic) bond motifs is 1. The Morgan fingerprint density at radius 3 is 2.68 bits per heavy atom. The molecule has 3 nitrogen and oxygen atoms in total. The summed E-state index contributed by atoms with van der Waals surface area (Å²) in [7, 11) is 3.53. The third-order valence-corrected chi connectivity index (χ3v) is 4.61. The summed E-state index contributed by atoms with van der Waals surface area (Å²) in [6.45, 7) is 2.21. The molecular weight excluding hydrogens is 273 g/mol. The molecule has 2 unspecified atom stereocenters. The maximum absolute atomic E-state index is 12.1. The summed E-state index contributed by atoms with van der Waals surface area (Å²) in [5.74, 6) is -0.214. The number of anilines is 1. The summed E-state index contributed by atoms with van der Waals surface area (Å²) in [6.07, 6.45) is 0.681. The van der Waals surface area contributed by atoms with Crippen molar-refractivity contribution in [3.63, 3.8) is 0 Å². The first kappa shape index (κ1) is 14.7. The van der Waals surface area contributed by atoms with Crippen molar-refractivity contribution >= 4 is 25.0 Å². The van der Waals surface area contributed by atoms with Gasteiger partial charge < -0.3 is 10.1 Å². The van der Waals surface area contributed by atoms with Crippen LogP contribution in [0, 0.1) is 0 Å². The van der Waals surface area contributed by atoms with Crippen LogP contribution in [0.4, 0.5) is 5.69 Å². The van der Waals surface area contributed by atoms with Crippen LogP contribution in [-0.4, -0.2) is 27.0 Å². The number of esters is 1. The highest BCUT2D eigenvalue weighted by Gasteiger charge is 2.40. The number of carbonyl (C=O) groups is 1. The highest BCUT2D eigenvalue weighted by molar-refractivity contribution is 6.32. The molecule has 1 heterocycles. The van der Waals surface area contributed by atoms with E-state index in [0.717, 1.165) is 5.69 Å². The molecule has 4 heteroatoms. The lowest BCUT2D eigenvalue weighted by Crippen LogP contribution is -2.44. The Bertz CT molecular complexity index is 701. The van der Waals surface area contributed by atoms with E-state index in [-0.39, 0.29) is 17.4 Å². The zero-order valence-corrected chi connectivity index (χ0v) is 13.2. The van der Waals surface area contributed by atoms with Gasteiger partial charge in [-0.3, -0.25) is 0 Å². The van der Waals surface area contributed by atoms with E-state index in [0.29, 0.717) is 6.42 Å². The van der Waals surface area contributed by atoms with Crippen LogP contribution in [0.1, 0.15) is 24.5 Å². The number of benzene rings is 2. The molecule has 0 radical (unpaired) electrons. The van der Waals surface area contributed by atoms with Crippen molar-refractivity contribution in [1.82, 2.24) is 0 Å². The van der Waals surface area contributed by atoms with E-state index in [9.17, 15) is 4.79 Å². The minimum absolute atomic E-state index is 0.214. The van der Waals surface area contributed by atoms with Gasteiger partial charge >= 0.3 is 5.97 Å². The van der Waals surface area contributed by atoms with E-state index in [2.05, 4.69) is 50.4 Å². The van der Waals surface area contributed by atoms with Crippen LogP contribution in [0.25, 0.3) is 0 Å². The minimum atomic E-state index is -0.328. The number of hydrogen-bond donors (Lipinski definition) is 1. The predicted octanol–water partition coefficient (Wildman–Crippen LogP) is 1.61. The molecule has 112 valence electrons. The van der Waals surface area contributed by atoms with Gasteiger partial charge in [-0.15, -0.1) is 0 Å². The van der Waals surface area contributed by atoms with Gasteiger partial charge in [0.25, 0.3) is 0 Å². The van der Waals surface area contributed by atoms with Crippen molar-refractivity contribution in [1.29, 1.82) is 0 Å². The molecule has 2 aromatic rings. The summed E-state index contributed by atoms with van der Waals surface area (Å²) in [5, 5.41) is 3.33. The zero-order valence-electron chi connectivity index (χ0n) is 13.2. The Balaban J connectivity index is 2.15. The first-order valence-electron chi connectivity index (χ1n) is 7.55. The molecule has 0 fully saturated rings. The number of carbonyl (C=O) groups excluding carboxylic acids is 1. The Labute approximate surface area is 132 Å². The minimum Gasteiger partial charge on any atom is -0.467 e. The van der Waals surface area contributed by atoms with Crippen LogP contribution in [-0.2, 0) is 14.9 Å². The molecular formula is C18H20BNO2. The summed E-state index contributed by atoms with van der Waals surface area (Å²) in [6, 6.07) is 16.4. The number of nitrogens with one attached hydrogen (secondary N) is 1. The molecule has 22 heavy (non-hydrogen) atoms. The third-order valence-electron chi connectivity index (χ3n) is 4.61. The van der Waals surface area contributed by atoms with Crippen LogP contribution in [0.5, 0.6) is 0 Å². The fraction of sp³-hybridized carbons (Fsp3) is 0.278. The van der Waals surface area contributed by atoms with E-state index in [1.54, 1.807) is 0 Å². The lowest BCUT2D eigenvalue weighted by Gasteiger charge is -2.40. The van der Waals surface area contributed by atoms with Gasteiger partial charge in [-0.1, -0.05) is 54.9 Å². The molecule has 0 aromatic heterocycles. The van der Waals surface area contributed by atoms with E-state index in [4.69, 9.17) is 4.74 Å². The van der Waals surface area contributed by atoms with Crippen molar-refractivity contribution in [3.8, 4) is 0 Å². The first-order valence-corrected chi connectivity index (χ1v) is 7.55. The second-order valence-corrected chi connectivity index (χ2v) is 6.17. The second-order valence-electron chi connectivity index (χ2n) is 6.17. The SMILES string of the molecule is Bc1ccc2c(c1)C(C)(c1ccccc1)CC(C(=O)OC)N2. The lowest BCUT2D eigenvalue weighted by molar-refractivity contribution is -0.142. The van der Waals surface area contributed by atoms with E-state index in [1.165, 1.54) is 23.7 Å². The number of hydrogen-bond acceptors (Lipinski definition) is 3. The van der Waals surface area contributed by atoms with Crippen LogP contribution in [0.2, 0.25) is 0 Å². The van der Waals surface area contributed by atoms with Crippen LogP contribution in [0.15, 0.2) is 48.5 Å². The molecule has 0 saturated heterocycles. The van der Waals surface area contributed by atoms with Crippen molar-refractivity contribution in [2.24, 2.45) is 0 Å².